The van der Waals surface area contributed by atoms with Crippen molar-refractivity contribution in [2.24, 2.45) is 16.8 Å². The van der Waals surface area contributed by atoms with E-state index in [1.165, 1.54) is 19.3 Å². The number of amidine groups is 1. The van der Waals surface area contributed by atoms with E-state index in [0.717, 1.165) is 18.0 Å². The van der Waals surface area contributed by atoms with Crippen LogP contribution < -0.4 is 11.1 Å². The van der Waals surface area contributed by atoms with E-state index in [9.17, 15) is 0 Å². The molecule has 0 aliphatic heterocycles. The molecule has 4 N–H and O–H groups in total. The molecule has 1 aromatic carbocycles. The lowest BCUT2D eigenvalue weighted by Crippen LogP contribution is -2.18. The second-order valence-corrected chi connectivity index (χ2v) is 5.47. The molecule has 0 radical (unpaired) electrons. The number of halogens is 1. The van der Waals surface area contributed by atoms with E-state index in [1.807, 2.05) is 12.1 Å². The molecule has 5 heteroatoms. The normalized spacial score (nSPS) is 22.5. The van der Waals surface area contributed by atoms with Crippen molar-refractivity contribution < 1.29 is 5.21 Å². The fourth-order valence-electron chi connectivity index (χ4n) is 2.34. The van der Waals surface area contributed by atoms with E-state index in [0.29, 0.717) is 16.6 Å². The standard InChI is InChI=1S/C14H20ClN3O/c1-2-3-9-7-13(9)17-8-11-5-4-10(6-12(11)15)14(16)18-19/h4-6,9,13,17,19H,2-3,7-8H2,1H3,(H2,16,18). The van der Waals surface area contributed by atoms with Crippen molar-refractivity contribution in [3.63, 3.8) is 0 Å². The van der Waals surface area contributed by atoms with Gasteiger partial charge in [-0.25, -0.2) is 0 Å². The maximum Gasteiger partial charge on any atom is 0.170 e. The largest absolute Gasteiger partial charge is 0.409 e. The first kappa shape index (κ1) is 14.2. The number of rotatable bonds is 6. The highest BCUT2D eigenvalue weighted by molar-refractivity contribution is 6.31. The fraction of sp³-hybridized carbons (Fsp3) is 0.500. The highest BCUT2D eigenvalue weighted by atomic mass is 35.5. The van der Waals surface area contributed by atoms with Gasteiger partial charge in [-0.2, -0.15) is 0 Å². The Morgan fingerprint density at radius 1 is 1.58 bits per heavy atom. The van der Waals surface area contributed by atoms with Crippen LogP contribution in [0.4, 0.5) is 0 Å². The van der Waals surface area contributed by atoms with Crippen LogP contribution in [-0.4, -0.2) is 17.1 Å². The summed E-state index contributed by atoms with van der Waals surface area (Å²) in [5, 5.41) is 15.7. The molecule has 1 saturated carbocycles. The van der Waals surface area contributed by atoms with Crippen LogP contribution in [-0.2, 0) is 6.54 Å². The number of nitrogens with zero attached hydrogens (tertiary/aromatic N) is 1. The van der Waals surface area contributed by atoms with E-state index < -0.39 is 0 Å². The van der Waals surface area contributed by atoms with Gasteiger partial charge in [0, 0.05) is 23.2 Å². The van der Waals surface area contributed by atoms with Gasteiger partial charge in [-0.3, -0.25) is 0 Å². The topological polar surface area (TPSA) is 70.6 Å². The lowest BCUT2D eigenvalue weighted by Gasteiger charge is -2.08. The number of nitrogens with two attached hydrogens (primary N) is 1. The molecule has 19 heavy (non-hydrogen) atoms. The molecule has 1 aliphatic rings. The first-order valence-electron chi connectivity index (χ1n) is 6.65. The van der Waals surface area contributed by atoms with Gasteiger partial charge in [0.05, 0.1) is 0 Å². The van der Waals surface area contributed by atoms with Crippen molar-refractivity contribution in [3.05, 3.63) is 34.3 Å². The molecule has 0 aromatic heterocycles. The molecule has 4 nitrogen and oxygen atoms in total. The summed E-state index contributed by atoms with van der Waals surface area (Å²) in [7, 11) is 0. The van der Waals surface area contributed by atoms with Crippen molar-refractivity contribution in [2.45, 2.75) is 38.8 Å². The summed E-state index contributed by atoms with van der Waals surface area (Å²) in [5.41, 5.74) is 7.19. The maximum atomic E-state index is 8.62. The second-order valence-electron chi connectivity index (χ2n) is 5.06. The van der Waals surface area contributed by atoms with Gasteiger partial charge in [-0.15, -0.1) is 0 Å². The molecule has 2 unspecified atom stereocenters. The lowest BCUT2D eigenvalue weighted by molar-refractivity contribution is 0.318. The first-order chi connectivity index (χ1) is 9.15. The third-order valence-electron chi connectivity index (χ3n) is 3.59. The minimum Gasteiger partial charge on any atom is -0.409 e. The predicted molar refractivity (Wildman–Crippen MR) is 77.6 cm³/mol. The van der Waals surface area contributed by atoms with Crippen LogP contribution in [0, 0.1) is 5.92 Å². The smallest absolute Gasteiger partial charge is 0.170 e. The van der Waals surface area contributed by atoms with E-state index in [4.69, 9.17) is 22.5 Å². The highest BCUT2D eigenvalue weighted by Gasteiger charge is 2.35. The van der Waals surface area contributed by atoms with Crippen molar-refractivity contribution >= 4 is 17.4 Å². The summed E-state index contributed by atoms with van der Waals surface area (Å²) in [6.45, 7) is 2.98. The molecular weight excluding hydrogens is 262 g/mol. The number of hydrogen-bond acceptors (Lipinski definition) is 3. The second kappa shape index (κ2) is 6.26. The van der Waals surface area contributed by atoms with E-state index in [1.54, 1.807) is 6.07 Å². The molecule has 104 valence electrons. The maximum absolute atomic E-state index is 8.62. The summed E-state index contributed by atoms with van der Waals surface area (Å²) in [6, 6.07) is 6.10. The first-order valence-corrected chi connectivity index (χ1v) is 7.03. The molecular formula is C14H20ClN3O. The Morgan fingerprint density at radius 2 is 2.37 bits per heavy atom. The summed E-state index contributed by atoms with van der Waals surface area (Å²) < 4.78 is 0. The molecule has 0 amide bonds. The zero-order chi connectivity index (χ0) is 13.8. The van der Waals surface area contributed by atoms with Gasteiger partial charge in [0.2, 0.25) is 0 Å². The molecule has 2 rings (SSSR count). The molecule has 0 heterocycles. The molecule has 0 saturated heterocycles. The number of nitrogens with one attached hydrogen (secondary N) is 1. The van der Waals surface area contributed by atoms with Gasteiger partial charge in [0.15, 0.2) is 5.84 Å². The molecule has 1 aliphatic carbocycles. The van der Waals surface area contributed by atoms with Crippen LogP contribution in [0.2, 0.25) is 5.02 Å². The fourth-order valence-corrected chi connectivity index (χ4v) is 2.58. The van der Waals surface area contributed by atoms with Gasteiger partial charge in [-0.1, -0.05) is 42.2 Å². The summed E-state index contributed by atoms with van der Waals surface area (Å²) >= 11 is 6.20. The summed E-state index contributed by atoms with van der Waals surface area (Å²) in [5.74, 6) is 0.909. The van der Waals surface area contributed by atoms with Crippen LogP contribution in [0.3, 0.4) is 0 Å². The Balaban J connectivity index is 1.91. The SMILES string of the molecule is CCCC1CC1NCc1ccc(/C(N)=N/O)cc1Cl. The van der Waals surface area contributed by atoms with Gasteiger partial charge >= 0.3 is 0 Å². The van der Waals surface area contributed by atoms with E-state index in [-0.39, 0.29) is 5.84 Å². The van der Waals surface area contributed by atoms with E-state index in [2.05, 4.69) is 17.4 Å². The molecule has 1 aromatic rings. The van der Waals surface area contributed by atoms with Crippen LogP contribution in [0.1, 0.15) is 37.3 Å². The molecule has 1 fully saturated rings. The Kier molecular flexibility index (Phi) is 4.66. The van der Waals surface area contributed by atoms with Gasteiger partial charge in [0.1, 0.15) is 0 Å². The van der Waals surface area contributed by atoms with Crippen LogP contribution in [0.15, 0.2) is 23.4 Å². The Morgan fingerprint density at radius 3 is 3.00 bits per heavy atom. The Bertz CT molecular complexity index is 476. The van der Waals surface area contributed by atoms with Crippen molar-refractivity contribution in [1.82, 2.24) is 5.32 Å². The Hall–Kier alpha value is -1.26. The third-order valence-corrected chi connectivity index (χ3v) is 3.95. The molecule has 0 spiro atoms. The Labute approximate surface area is 118 Å². The van der Waals surface area contributed by atoms with Crippen molar-refractivity contribution in [1.29, 1.82) is 0 Å². The number of benzene rings is 1. The molecule has 0 bridgehead atoms. The third kappa shape index (κ3) is 3.61. The average Bonchev–Trinajstić information content (AvgIpc) is 3.15. The zero-order valence-electron chi connectivity index (χ0n) is 11.1. The minimum absolute atomic E-state index is 0.0756. The van der Waals surface area contributed by atoms with Crippen molar-refractivity contribution in [3.8, 4) is 0 Å². The highest BCUT2D eigenvalue weighted by Crippen LogP contribution is 2.35. The predicted octanol–water partition coefficient (Wildman–Crippen LogP) is 2.71. The summed E-state index contributed by atoms with van der Waals surface area (Å²) in [6.07, 6.45) is 3.82. The minimum atomic E-state index is 0.0756. The van der Waals surface area contributed by atoms with Crippen LogP contribution >= 0.6 is 11.6 Å². The number of oxime groups is 1. The molecule has 2 atom stereocenters. The number of hydrogen-bond donors (Lipinski definition) is 3. The van der Waals surface area contributed by atoms with Crippen molar-refractivity contribution in [2.75, 3.05) is 0 Å². The average molecular weight is 282 g/mol. The van der Waals surface area contributed by atoms with Gasteiger partial charge in [-0.05, 0) is 30.4 Å². The monoisotopic (exact) mass is 281 g/mol. The van der Waals surface area contributed by atoms with Crippen LogP contribution in [0.5, 0.6) is 0 Å². The van der Waals surface area contributed by atoms with E-state index >= 15 is 0 Å². The quantitative estimate of drug-likeness (QED) is 0.325. The zero-order valence-corrected chi connectivity index (χ0v) is 11.8. The summed E-state index contributed by atoms with van der Waals surface area (Å²) in [4.78, 5) is 0. The van der Waals surface area contributed by atoms with Gasteiger partial charge < -0.3 is 16.3 Å². The van der Waals surface area contributed by atoms with Gasteiger partial charge in [0.25, 0.3) is 0 Å². The van der Waals surface area contributed by atoms with Crippen LogP contribution in [0.25, 0.3) is 0 Å². The lowest BCUT2D eigenvalue weighted by atomic mass is 10.1.